The molecule has 1 aliphatic rings. The molecule has 0 aliphatic heterocycles. The zero-order valence-electron chi connectivity index (χ0n) is 12.9. The zero-order valence-corrected chi connectivity index (χ0v) is 12.9. The fourth-order valence-electron chi connectivity index (χ4n) is 2.68. The van der Waals surface area contributed by atoms with Gasteiger partial charge < -0.3 is 14.9 Å². The SMILES string of the molecule is O=C(O)CC1(NC(=O)CCc2nc(-c3ncccn3)no2)CCC1. The maximum Gasteiger partial charge on any atom is 0.305 e. The standard InChI is InChI=1S/C15H17N5O4/c21-10(19-15(5-1-6-15)9-12(22)23)3-4-11-18-14(20-24-11)13-16-7-2-8-17-13/h2,7-8H,1,3-6,9H2,(H,19,21)(H,22,23). The van der Waals surface area contributed by atoms with Crippen molar-refractivity contribution in [2.45, 2.75) is 44.1 Å². The van der Waals surface area contributed by atoms with E-state index in [1.165, 1.54) is 0 Å². The van der Waals surface area contributed by atoms with Gasteiger partial charge in [-0.25, -0.2) is 9.97 Å². The second-order valence-electron chi connectivity index (χ2n) is 5.84. The first-order valence-corrected chi connectivity index (χ1v) is 7.69. The molecule has 2 heterocycles. The van der Waals surface area contributed by atoms with E-state index in [-0.39, 0.29) is 31.0 Å². The van der Waals surface area contributed by atoms with E-state index >= 15 is 0 Å². The van der Waals surface area contributed by atoms with E-state index in [1.807, 2.05) is 0 Å². The Morgan fingerprint density at radius 2 is 2.00 bits per heavy atom. The largest absolute Gasteiger partial charge is 0.481 e. The quantitative estimate of drug-likeness (QED) is 0.767. The van der Waals surface area contributed by atoms with Crippen LogP contribution in [0.5, 0.6) is 0 Å². The fraction of sp³-hybridized carbons (Fsp3) is 0.467. The van der Waals surface area contributed by atoms with Gasteiger partial charge in [0.2, 0.25) is 23.4 Å². The van der Waals surface area contributed by atoms with E-state index in [1.54, 1.807) is 18.5 Å². The molecular formula is C15H17N5O4. The molecule has 1 fully saturated rings. The molecule has 0 aromatic carbocycles. The lowest BCUT2D eigenvalue weighted by Gasteiger charge is -2.41. The molecule has 2 aromatic heterocycles. The van der Waals surface area contributed by atoms with Crippen LogP contribution in [0.2, 0.25) is 0 Å². The number of aromatic nitrogens is 4. The maximum absolute atomic E-state index is 12.1. The summed E-state index contributed by atoms with van der Waals surface area (Å²) in [7, 11) is 0. The number of carbonyl (C=O) groups is 2. The fourth-order valence-corrected chi connectivity index (χ4v) is 2.68. The van der Waals surface area contributed by atoms with Crippen LogP contribution in [-0.4, -0.2) is 42.6 Å². The molecule has 2 aromatic rings. The summed E-state index contributed by atoms with van der Waals surface area (Å²) in [5.74, 6) is -0.182. The van der Waals surface area contributed by atoms with Crippen LogP contribution in [0.1, 0.15) is 38.0 Å². The van der Waals surface area contributed by atoms with Gasteiger partial charge in [-0.05, 0) is 25.3 Å². The monoisotopic (exact) mass is 331 g/mol. The minimum atomic E-state index is -0.903. The van der Waals surface area contributed by atoms with Crippen molar-refractivity contribution in [3.8, 4) is 11.6 Å². The van der Waals surface area contributed by atoms with Gasteiger partial charge in [-0.2, -0.15) is 4.98 Å². The van der Waals surface area contributed by atoms with Crippen molar-refractivity contribution in [1.29, 1.82) is 0 Å². The minimum absolute atomic E-state index is 0.0468. The van der Waals surface area contributed by atoms with Crippen molar-refractivity contribution in [2.75, 3.05) is 0 Å². The van der Waals surface area contributed by atoms with Crippen LogP contribution in [0.15, 0.2) is 23.0 Å². The topological polar surface area (TPSA) is 131 Å². The average molecular weight is 331 g/mol. The lowest BCUT2D eigenvalue weighted by Crippen LogP contribution is -2.54. The number of nitrogens with one attached hydrogen (secondary N) is 1. The third-order valence-electron chi connectivity index (χ3n) is 4.00. The van der Waals surface area contributed by atoms with Crippen LogP contribution < -0.4 is 5.32 Å². The van der Waals surface area contributed by atoms with Crippen LogP contribution in [0, 0.1) is 0 Å². The molecule has 9 heteroatoms. The first kappa shape index (κ1) is 16.0. The first-order chi connectivity index (χ1) is 11.6. The molecule has 0 radical (unpaired) electrons. The molecule has 126 valence electrons. The molecule has 0 saturated heterocycles. The Morgan fingerprint density at radius 3 is 2.62 bits per heavy atom. The lowest BCUT2D eigenvalue weighted by atomic mass is 9.74. The van der Waals surface area contributed by atoms with Gasteiger partial charge in [0.15, 0.2) is 0 Å². The molecule has 3 rings (SSSR count). The number of carbonyl (C=O) groups excluding carboxylic acids is 1. The highest BCUT2D eigenvalue weighted by Crippen LogP contribution is 2.35. The number of amides is 1. The van der Waals surface area contributed by atoms with Gasteiger partial charge in [-0.3, -0.25) is 9.59 Å². The summed E-state index contributed by atoms with van der Waals surface area (Å²) >= 11 is 0. The Bertz CT molecular complexity index is 726. The summed E-state index contributed by atoms with van der Waals surface area (Å²) in [5.41, 5.74) is -0.596. The van der Waals surface area contributed by atoms with E-state index < -0.39 is 11.5 Å². The van der Waals surface area contributed by atoms with E-state index in [4.69, 9.17) is 9.63 Å². The van der Waals surface area contributed by atoms with Crippen molar-refractivity contribution in [3.63, 3.8) is 0 Å². The Balaban J connectivity index is 1.53. The number of nitrogens with zero attached hydrogens (tertiary/aromatic N) is 4. The minimum Gasteiger partial charge on any atom is -0.481 e. The van der Waals surface area contributed by atoms with E-state index in [0.717, 1.165) is 6.42 Å². The summed E-state index contributed by atoms with van der Waals surface area (Å²) in [4.78, 5) is 35.2. The average Bonchev–Trinajstić information content (AvgIpc) is 3.00. The van der Waals surface area contributed by atoms with Crippen LogP contribution in [-0.2, 0) is 16.0 Å². The number of aryl methyl sites for hydroxylation is 1. The van der Waals surface area contributed by atoms with Gasteiger partial charge in [0.25, 0.3) is 0 Å². The normalized spacial score (nSPS) is 15.5. The summed E-state index contributed by atoms with van der Waals surface area (Å²) in [6.45, 7) is 0. The third kappa shape index (κ3) is 3.73. The van der Waals surface area contributed by atoms with Gasteiger partial charge in [-0.1, -0.05) is 5.16 Å². The van der Waals surface area contributed by atoms with Crippen molar-refractivity contribution in [1.82, 2.24) is 25.4 Å². The highest BCUT2D eigenvalue weighted by atomic mass is 16.5. The predicted octanol–water partition coefficient (Wildman–Crippen LogP) is 0.973. The molecular weight excluding hydrogens is 314 g/mol. The number of hydrogen-bond donors (Lipinski definition) is 2. The zero-order chi connectivity index (χ0) is 17.0. The number of carboxylic acids is 1. The second-order valence-corrected chi connectivity index (χ2v) is 5.84. The van der Waals surface area contributed by atoms with E-state index in [2.05, 4.69) is 25.4 Å². The van der Waals surface area contributed by atoms with Crippen LogP contribution >= 0.6 is 0 Å². The highest BCUT2D eigenvalue weighted by molar-refractivity contribution is 5.78. The first-order valence-electron chi connectivity index (χ1n) is 7.69. The maximum atomic E-state index is 12.1. The van der Waals surface area contributed by atoms with Crippen LogP contribution in [0.4, 0.5) is 0 Å². The molecule has 0 unspecified atom stereocenters. The molecule has 24 heavy (non-hydrogen) atoms. The molecule has 0 bridgehead atoms. The molecule has 1 saturated carbocycles. The summed E-state index contributed by atoms with van der Waals surface area (Å²) < 4.78 is 5.09. The van der Waals surface area contributed by atoms with E-state index in [0.29, 0.717) is 24.6 Å². The van der Waals surface area contributed by atoms with E-state index in [9.17, 15) is 9.59 Å². The Morgan fingerprint density at radius 1 is 1.25 bits per heavy atom. The molecule has 1 amide bonds. The molecule has 2 N–H and O–H groups in total. The number of rotatable bonds is 7. The van der Waals surface area contributed by atoms with Crippen LogP contribution in [0.3, 0.4) is 0 Å². The lowest BCUT2D eigenvalue weighted by molar-refractivity contribution is -0.140. The molecule has 0 atom stereocenters. The van der Waals surface area contributed by atoms with Gasteiger partial charge in [0.05, 0.1) is 12.0 Å². The van der Waals surface area contributed by atoms with Crippen molar-refractivity contribution < 1.29 is 19.2 Å². The second kappa shape index (κ2) is 6.73. The smallest absolute Gasteiger partial charge is 0.305 e. The Kier molecular flexibility index (Phi) is 4.50. The van der Waals surface area contributed by atoms with Gasteiger partial charge in [-0.15, -0.1) is 0 Å². The Hall–Kier alpha value is -2.84. The molecule has 0 spiro atoms. The van der Waals surface area contributed by atoms with Gasteiger partial charge >= 0.3 is 5.97 Å². The van der Waals surface area contributed by atoms with Gasteiger partial charge in [0.1, 0.15) is 0 Å². The van der Waals surface area contributed by atoms with Crippen LogP contribution in [0.25, 0.3) is 11.6 Å². The number of aliphatic carboxylic acids is 1. The van der Waals surface area contributed by atoms with Gasteiger partial charge in [0, 0.05) is 25.2 Å². The summed E-state index contributed by atoms with van der Waals surface area (Å²) in [6.07, 6.45) is 5.85. The van der Waals surface area contributed by atoms with Crippen molar-refractivity contribution in [3.05, 3.63) is 24.4 Å². The highest BCUT2D eigenvalue weighted by Gasteiger charge is 2.40. The summed E-state index contributed by atoms with van der Waals surface area (Å²) in [5, 5.41) is 15.6. The Labute approximate surface area is 137 Å². The number of carboxylic acid groups (broad SMARTS) is 1. The summed E-state index contributed by atoms with van der Waals surface area (Å²) in [6, 6.07) is 1.68. The molecule has 1 aliphatic carbocycles. The van der Waals surface area contributed by atoms with Crippen molar-refractivity contribution in [2.24, 2.45) is 0 Å². The predicted molar refractivity (Wildman–Crippen MR) is 80.6 cm³/mol. The third-order valence-corrected chi connectivity index (χ3v) is 4.00. The molecule has 9 nitrogen and oxygen atoms in total. The number of hydrogen-bond acceptors (Lipinski definition) is 7. The van der Waals surface area contributed by atoms with Crippen molar-refractivity contribution >= 4 is 11.9 Å².